The lowest BCUT2D eigenvalue weighted by molar-refractivity contribution is 0.101. The first kappa shape index (κ1) is 20.2. The summed E-state index contributed by atoms with van der Waals surface area (Å²) >= 11 is 0. The van der Waals surface area contributed by atoms with E-state index in [4.69, 9.17) is 5.73 Å². The Balaban J connectivity index is 0.000000204. The zero-order valence-corrected chi connectivity index (χ0v) is 16.3. The number of nitrogens with two attached hydrogens (primary N) is 1. The number of hydrogen-bond acceptors (Lipinski definition) is 7. The largest absolute Gasteiger partial charge is 0.382 e. The predicted molar refractivity (Wildman–Crippen MR) is 112 cm³/mol. The third kappa shape index (κ3) is 5.71. The second-order valence-corrected chi connectivity index (χ2v) is 6.82. The van der Waals surface area contributed by atoms with E-state index in [9.17, 15) is 9.59 Å². The van der Waals surface area contributed by atoms with E-state index >= 15 is 0 Å². The minimum atomic E-state index is -0.104. The van der Waals surface area contributed by atoms with Crippen molar-refractivity contribution in [3.8, 4) is 5.69 Å². The molecule has 0 saturated heterocycles. The van der Waals surface area contributed by atoms with Crippen LogP contribution in [0.1, 0.15) is 43.1 Å². The van der Waals surface area contributed by atoms with Gasteiger partial charge in [-0.15, -0.1) is 0 Å². The van der Waals surface area contributed by atoms with Crippen LogP contribution >= 0.6 is 0 Å². The third-order valence-corrected chi connectivity index (χ3v) is 4.59. The molecule has 3 aromatic rings. The lowest BCUT2D eigenvalue weighted by atomic mass is 10.2. The van der Waals surface area contributed by atoms with Crippen molar-refractivity contribution in [1.82, 2.24) is 19.5 Å². The van der Waals surface area contributed by atoms with Crippen LogP contribution in [-0.2, 0) is 0 Å². The van der Waals surface area contributed by atoms with Crippen LogP contribution in [0.4, 0.5) is 11.6 Å². The number of nitrogens with one attached hydrogen (secondary N) is 1. The number of nitrogen functional groups attached to an aromatic ring is 1. The van der Waals surface area contributed by atoms with Gasteiger partial charge in [0.05, 0.1) is 24.3 Å². The highest BCUT2D eigenvalue weighted by molar-refractivity contribution is 5.91. The van der Waals surface area contributed by atoms with Crippen LogP contribution < -0.4 is 16.6 Å². The second-order valence-electron chi connectivity index (χ2n) is 6.82. The molecule has 4 rings (SSSR count). The summed E-state index contributed by atoms with van der Waals surface area (Å²) in [4.78, 5) is 34.1. The Morgan fingerprint density at radius 2 is 1.86 bits per heavy atom. The van der Waals surface area contributed by atoms with Gasteiger partial charge in [0.15, 0.2) is 5.78 Å². The molecule has 0 aromatic carbocycles. The van der Waals surface area contributed by atoms with E-state index in [1.807, 2.05) is 18.2 Å². The maximum atomic E-state index is 11.7. The van der Waals surface area contributed by atoms with Crippen LogP contribution in [0, 0.1) is 0 Å². The lowest BCUT2D eigenvalue weighted by Crippen LogP contribution is -2.17. The van der Waals surface area contributed by atoms with Gasteiger partial charge in [-0.25, -0.2) is 15.0 Å². The molecular formula is C21H24N6O2. The van der Waals surface area contributed by atoms with E-state index in [1.165, 1.54) is 45.0 Å². The maximum absolute atomic E-state index is 11.7. The number of ketones is 1. The quantitative estimate of drug-likeness (QED) is 0.656. The summed E-state index contributed by atoms with van der Waals surface area (Å²) in [5.41, 5.74) is 6.34. The van der Waals surface area contributed by atoms with Crippen molar-refractivity contribution in [3.05, 3.63) is 71.2 Å². The molecule has 3 N–H and O–H groups in total. The zero-order valence-electron chi connectivity index (χ0n) is 16.3. The Bertz CT molecular complexity index is 993. The normalized spacial score (nSPS) is 13.4. The summed E-state index contributed by atoms with van der Waals surface area (Å²) in [5, 5.41) is 3.44. The Morgan fingerprint density at radius 3 is 2.45 bits per heavy atom. The number of rotatable bonds is 4. The number of nitrogens with zero attached hydrogens (tertiary/aromatic N) is 4. The summed E-state index contributed by atoms with van der Waals surface area (Å²) in [7, 11) is 0. The lowest BCUT2D eigenvalue weighted by Gasteiger charge is -2.13. The number of pyridine rings is 2. The van der Waals surface area contributed by atoms with E-state index in [-0.39, 0.29) is 11.3 Å². The van der Waals surface area contributed by atoms with Gasteiger partial charge < -0.3 is 11.1 Å². The molecule has 1 saturated carbocycles. The molecule has 1 aliphatic carbocycles. The summed E-state index contributed by atoms with van der Waals surface area (Å²) in [6.07, 6.45) is 11.3. The number of carbonyl (C=O) groups excluding carboxylic acids is 1. The van der Waals surface area contributed by atoms with Crippen LogP contribution in [0.15, 0.2) is 59.9 Å². The van der Waals surface area contributed by atoms with Crippen LogP contribution in [0.5, 0.6) is 0 Å². The third-order valence-electron chi connectivity index (χ3n) is 4.59. The number of carbonyl (C=O) groups is 1. The molecule has 0 radical (unpaired) electrons. The van der Waals surface area contributed by atoms with Crippen LogP contribution in [0.25, 0.3) is 5.69 Å². The number of anilines is 2. The van der Waals surface area contributed by atoms with Gasteiger partial charge >= 0.3 is 0 Å². The van der Waals surface area contributed by atoms with Crippen molar-refractivity contribution in [3.63, 3.8) is 0 Å². The first-order valence-electron chi connectivity index (χ1n) is 9.52. The molecule has 8 heteroatoms. The van der Waals surface area contributed by atoms with Gasteiger partial charge in [0.2, 0.25) is 0 Å². The zero-order chi connectivity index (χ0) is 20.6. The number of hydrogen-bond donors (Lipinski definition) is 2. The fraction of sp³-hybridized carbons (Fsp3) is 0.286. The summed E-state index contributed by atoms with van der Waals surface area (Å²) in [5.74, 6) is 1.11. The minimum absolute atomic E-state index is 0.0409. The van der Waals surface area contributed by atoms with E-state index in [1.54, 1.807) is 29.1 Å². The van der Waals surface area contributed by atoms with Gasteiger partial charge in [-0.05, 0) is 31.0 Å². The second kappa shape index (κ2) is 9.59. The standard InChI is InChI=1S/C15H17N3O.C6H7N3O/c19-15-7-3-4-10-18(15)13-8-9-14(16-11-13)17-12-5-1-2-6-12;1-4(10)5-2-9-6(7)3-8-5/h3-4,7-12H,1-2,5-6H2,(H,16,17);2-3H,1H3,(H2,7,9). The minimum Gasteiger partial charge on any atom is -0.382 e. The highest BCUT2D eigenvalue weighted by Crippen LogP contribution is 2.21. The summed E-state index contributed by atoms with van der Waals surface area (Å²) < 4.78 is 1.59. The summed E-state index contributed by atoms with van der Waals surface area (Å²) in [6, 6.07) is 9.54. The monoisotopic (exact) mass is 392 g/mol. The average molecular weight is 392 g/mol. The molecule has 3 aromatic heterocycles. The van der Waals surface area contributed by atoms with Gasteiger partial charge in [0.25, 0.3) is 5.56 Å². The Hall–Kier alpha value is -3.55. The Morgan fingerprint density at radius 1 is 1.07 bits per heavy atom. The molecule has 0 aliphatic heterocycles. The molecule has 8 nitrogen and oxygen atoms in total. The molecule has 0 amide bonds. The highest BCUT2D eigenvalue weighted by atomic mass is 16.1. The summed E-state index contributed by atoms with van der Waals surface area (Å²) in [6.45, 7) is 1.43. The smallest absolute Gasteiger partial charge is 0.255 e. The first-order valence-corrected chi connectivity index (χ1v) is 9.52. The van der Waals surface area contributed by atoms with Crippen LogP contribution in [-0.4, -0.2) is 31.3 Å². The van der Waals surface area contributed by atoms with Crippen molar-refractivity contribution in [2.24, 2.45) is 0 Å². The predicted octanol–water partition coefficient (Wildman–Crippen LogP) is 2.85. The van der Waals surface area contributed by atoms with Crippen molar-refractivity contribution in [2.75, 3.05) is 11.1 Å². The van der Waals surface area contributed by atoms with Gasteiger partial charge in [-0.1, -0.05) is 18.9 Å². The molecule has 0 atom stereocenters. The Labute approximate surface area is 168 Å². The van der Waals surface area contributed by atoms with Crippen molar-refractivity contribution in [2.45, 2.75) is 38.6 Å². The molecule has 0 bridgehead atoms. The van der Waals surface area contributed by atoms with E-state index in [0.29, 0.717) is 17.6 Å². The molecule has 150 valence electrons. The van der Waals surface area contributed by atoms with E-state index < -0.39 is 0 Å². The molecule has 1 aliphatic rings. The van der Waals surface area contributed by atoms with Crippen LogP contribution in [0.2, 0.25) is 0 Å². The maximum Gasteiger partial charge on any atom is 0.255 e. The average Bonchev–Trinajstić information content (AvgIpc) is 3.23. The van der Waals surface area contributed by atoms with Crippen molar-refractivity contribution >= 4 is 17.4 Å². The number of aromatic nitrogens is 4. The van der Waals surface area contributed by atoms with E-state index in [2.05, 4.69) is 20.3 Å². The van der Waals surface area contributed by atoms with Crippen molar-refractivity contribution < 1.29 is 4.79 Å². The topological polar surface area (TPSA) is 116 Å². The molecular weight excluding hydrogens is 368 g/mol. The molecule has 1 fully saturated rings. The van der Waals surface area contributed by atoms with Gasteiger partial charge in [0, 0.05) is 25.2 Å². The number of Topliss-reactive ketones (excluding diaryl/α,β-unsaturated/α-hetero) is 1. The Kier molecular flexibility index (Phi) is 6.67. The van der Waals surface area contributed by atoms with Gasteiger partial charge in [0.1, 0.15) is 17.3 Å². The molecule has 0 unspecified atom stereocenters. The molecule has 0 spiro atoms. The fourth-order valence-electron chi connectivity index (χ4n) is 3.05. The highest BCUT2D eigenvalue weighted by Gasteiger charge is 2.14. The van der Waals surface area contributed by atoms with Crippen molar-refractivity contribution in [1.29, 1.82) is 0 Å². The fourth-order valence-corrected chi connectivity index (χ4v) is 3.05. The van der Waals surface area contributed by atoms with Gasteiger partial charge in [-0.2, -0.15) is 0 Å². The van der Waals surface area contributed by atoms with E-state index in [0.717, 1.165) is 11.5 Å². The van der Waals surface area contributed by atoms with Crippen LogP contribution in [0.3, 0.4) is 0 Å². The molecule has 3 heterocycles. The first-order chi connectivity index (χ1) is 14.0. The SMILES string of the molecule is CC(=O)c1cnc(N)cn1.O=c1ccccn1-c1ccc(NC2CCCC2)nc1. The van der Waals surface area contributed by atoms with Gasteiger partial charge in [-0.3, -0.25) is 14.2 Å². The molecule has 29 heavy (non-hydrogen) atoms.